The van der Waals surface area contributed by atoms with Crippen LogP contribution in [0.15, 0.2) is 0 Å². The van der Waals surface area contributed by atoms with Gasteiger partial charge in [0.1, 0.15) is 0 Å². The van der Waals surface area contributed by atoms with Crippen LogP contribution in [0.25, 0.3) is 0 Å². The fraction of sp³-hybridized carbons (Fsp3) is 0. The zero-order valence-corrected chi connectivity index (χ0v) is 8.05. The van der Waals surface area contributed by atoms with Crippen molar-refractivity contribution in [1.82, 2.24) is 0 Å². The first-order valence-electron chi connectivity index (χ1n) is 0. The first-order chi connectivity index (χ1) is 0. The van der Waals surface area contributed by atoms with Crippen molar-refractivity contribution in [2.24, 2.45) is 0 Å². The summed E-state index contributed by atoms with van der Waals surface area (Å²) in [5, 5.41) is 0. The van der Waals surface area contributed by atoms with Gasteiger partial charge in [0, 0.05) is 51.2 Å². The van der Waals surface area contributed by atoms with Crippen molar-refractivity contribution in [2.45, 2.75) is 0 Å². The molecule has 0 aromatic rings. The second-order valence-corrected chi connectivity index (χ2v) is 0. The summed E-state index contributed by atoms with van der Waals surface area (Å²) < 4.78 is 0. The monoisotopic (exact) mass is 188 g/mol. The molecule has 0 heterocycles. The van der Waals surface area contributed by atoms with E-state index in [1.165, 1.54) is 0 Å². The number of hydrogen-bond acceptors (Lipinski definition) is 0. The third-order valence-corrected chi connectivity index (χ3v) is 0. The van der Waals surface area contributed by atoms with Crippen molar-refractivity contribution >= 4 is 19.4 Å². The smallest absolute Gasteiger partial charge is 0 e. The summed E-state index contributed by atoms with van der Waals surface area (Å²) in [4.78, 5) is 0. The van der Waals surface area contributed by atoms with Crippen LogP contribution in [0.4, 0.5) is 0 Å². The van der Waals surface area contributed by atoms with E-state index in [2.05, 4.69) is 0 Å². The van der Waals surface area contributed by atoms with Gasteiger partial charge in [0.2, 0.25) is 0 Å². The van der Waals surface area contributed by atoms with Crippen molar-refractivity contribution in [2.75, 3.05) is 0 Å². The van der Waals surface area contributed by atoms with Crippen LogP contribution in [-0.4, -0.2) is 19.4 Å². The molecule has 0 nitrogen and oxygen atoms in total. The Bertz CT molecular complexity index is 8.00. The van der Waals surface area contributed by atoms with E-state index in [9.17, 15) is 0 Å². The van der Waals surface area contributed by atoms with Crippen LogP contribution in [0.2, 0.25) is 0 Å². The van der Waals surface area contributed by atoms with E-state index >= 15 is 0 Å². The molecule has 0 amide bonds. The maximum Gasteiger partial charge on any atom is 0 e. The van der Waals surface area contributed by atoms with E-state index in [1.54, 1.807) is 0 Å². The molecule has 4 radical (unpaired) electrons. The quantitative estimate of drug-likeness (QED) is 0.401. The summed E-state index contributed by atoms with van der Waals surface area (Å²) in [7, 11) is 0. The maximum absolute atomic E-state index is 0. The molecule has 4 heteroatoms. The van der Waals surface area contributed by atoms with Gasteiger partial charge in [-0.15, -0.1) is 0 Å². The Morgan fingerprint density at radius 3 is 1.00 bits per heavy atom. The van der Waals surface area contributed by atoms with Gasteiger partial charge in [-0.05, 0) is 11.0 Å². The Kier molecular flexibility index (Phi) is 246. The van der Waals surface area contributed by atoms with Crippen LogP contribution in [-0.2, 0) is 42.8 Å². The summed E-state index contributed by atoms with van der Waals surface area (Å²) in [6, 6.07) is 0. The molecule has 0 rings (SSSR count). The molecule has 0 aromatic heterocycles. The number of hydrogen-bond donors (Lipinski definition) is 0. The van der Waals surface area contributed by atoms with Gasteiger partial charge in [-0.2, -0.15) is 0 Å². The van der Waals surface area contributed by atoms with Gasteiger partial charge in [0.15, 0.2) is 0 Å². The van der Waals surface area contributed by atoms with Crippen LogP contribution in [0.5, 0.6) is 0 Å². The molecule has 0 atom stereocenters. The Hall–Kier alpha value is 1.68. The van der Waals surface area contributed by atoms with Crippen molar-refractivity contribution in [3.63, 3.8) is 0 Å². The largest absolute Gasteiger partial charge is 0.0125 e. The van der Waals surface area contributed by atoms with Gasteiger partial charge in [-0.3, -0.25) is 0 Å². The SMILES string of the molecule is [B].[Mo].[SiH3].[Ti]. The minimum Gasteiger partial charge on any atom is -0.0125 e. The van der Waals surface area contributed by atoms with Gasteiger partial charge >= 0.3 is 0 Å². The van der Waals surface area contributed by atoms with Gasteiger partial charge in [0.25, 0.3) is 0 Å². The van der Waals surface area contributed by atoms with Crippen LogP contribution in [0.3, 0.4) is 0 Å². The first-order valence-corrected chi connectivity index (χ1v) is 0. The summed E-state index contributed by atoms with van der Waals surface area (Å²) in [6.45, 7) is 0. The molecule has 0 aromatic carbocycles. The molecule has 0 fully saturated rings. The molecule has 0 unspecified atom stereocenters. The molecular weight excluding hydrogens is 183 g/mol. The molecule has 0 N–H and O–H groups in total. The first kappa shape index (κ1) is 44.0. The van der Waals surface area contributed by atoms with Gasteiger partial charge in [0.05, 0.1) is 0 Å². The molecular formula is H3BMoSiTi. The van der Waals surface area contributed by atoms with Crippen molar-refractivity contribution < 1.29 is 42.8 Å². The summed E-state index contributed by atoms with van der Waals surface area (Å²) >= 11 is 0. The van der Waals surface area contributed by atoms with E-state index < -0.39 is 0 Å². The minimum atomic E-state index is 0. The van der Waals surface area contributed by atoms with E-state index in [1.807, 2.05) is 0 Å². The van der Waals surface area contributed by atoms with E-state index in [0.717, 1.165) is 0 Å². The molecule has 0 spiro atoms. The maximum atomic E-state index is 0. The average molecular weight is 186 g/mol. The van der Waals surface area contributed by atoms with Gasteiger partial charge in [-0.1, -0.05) is 0 Å². The Labute approximate surface area is 61.9 Å². The molecule has 0 saturated carbocycles. The fourth-order valence-electron chi connectivity index (χ4n) is 0. The van der Waals surface area contributed by atoms with Crippen LogP contribution < -0.4 is 0 Å². The molecule has 4 heavy (non-hydrogen) atoms. The second kappa shape index (κ2) is 22.4. The average Bonchev–Trinajstić information content (AvgIpc) is 0. The predicted molar refractivity (Wildman–Crippen MR) is 15.7 cm³/mol. The Morgan fingerprint density at radius 2 is 1.00 bits per heavy atom. The molecule has 0 aliphatic heterocycles. The molecule has 20 valence electrons. The van der Waals surface area contributed by atoms with Crippen molar-refractivity contribution in [3.8, 4) is 0 Å². The minimum absolute atomic E-state index is 0. The normalized spacial score (nSPS) is 0. The van der Waals surface area contributed by atoms with Crippen LogP contribution in [0, 0.1) is 0 Å². The number of rotatable bonds is 0. The molecule has 0 aliphatic rings. The van der Waals surface area contributed by atoms with E-state index in [0.29, 0.717) is 0 Å². The third kappa shape index (κ3) is 9.36. The summed E-state index contributed by atoms with van der Waals surface area (Å²) in [5.41, 5.74) is 0. The zero-order valence-electron chi connectivity index (χ0n) is 2.49. The Morgan fingerprint density at radius 1 is 1.00 bits per heavy atom. The standard InChI is InChI=1S/B.Mo.H3Si.Ti/h;;1H3;. The van der Waals surface area contributed by atoms with Gasteiger partial charge in [-0.25, -0.2) is 0 Å². The molecule has 0 aliphatic carbocycles. The van der Waals surface area contributed by atoms with E-state index in [-0.39, 0.29) is 62.2 Å². The third-order valence-electron chi connectivity index (χ3n) is 0. The summed E-state index contributed by atoms with van der Waals surface area (Å²) in [5.74, 6) is 0. The Balaban J connectivity index is 0. The van der Waals surface area contributed by atoms with Crippen molar-refractivity contribution in [3.05, 3.63) is 0 Å². The van der Waals surface area contributed by atoms with Crippen LogP contribution in [0.1, 0.15) is 0 Å². The van der Waals surface area contributed by atoms with E-state index in [4.69, 9.17) is 0 Å². The van der Waals surface area contributed by atoms with Gasteiger partial charge < -0.3 is 0 Å². The predicted octanol–water partition coefficient (Wildman–Crippen LogP) is -1.57. The van der Waals surface area contributed by atoms with Crippen molar-refractivity contribution in [1.29, 1.82) is 0 Å². The fourth-order valence-corrected chi connectivity index (χ4v) is 0. The summed E-state index contributed by atoms with van der Waals surface area (Å²) in [6.07, 6.45) is 0. The van der Waals surface area contributed by atoms with Crippen LogP contribution >= 0.6 is 0 Å². The topological polar surface area (TPSA) is 0 Å². The second-order valence-electron chi connectivity index (χ2n) is 0. The zero-order chi connectivity index (χ0) is 0. The molecule has 0 bridgehead atoms. The molecule has 0 saturated heterocycles.